The van der Waals surface area contributed by atoms with Gasteiger partial charge < -0.3 is 9.62 Å². The van der Waals surface area contributed by atoms with Crippen LogP contribution >= 0.6 is 0 Å². The Hall–Kier alpha value is -1.03. The number of carbonyl (C=O) groups is 1. The van der Waals surface area contributed by atoms with Crippen LogP contribution in [0.5, 0.6) is 0 Å². The van der Waals surface area contributed by atoms with Crippen LogP contribution in [0, 0.1) is 0 Å². The van der Waals surface area contributed by atoms with Crippen LogP contribution in [0.15, 0.2) is 12.3 Å². The first kappa shape index (κ1) is 12.0. The van der Waals surface area contributed by atoms with Gasteiger partial charge in [-0.2, -0.15) is 4.89 Å². The van der Waals surface area contributed by atoms with E-state index < -0.39 is 5.97 Å². The number of carbonyl (C=O) groups excluding carboxylic acids is 1. The van der Waals surface area contributed by atoms with E-state index in [1.807, 2.05) is 20.8 Å². The quantitative estimate of drug-likeness (QED) is 0.222. The van der Waals surface area contributed by atoms with Crippen molar-refractivity contribution in [2.24, 2.45) is 0 Å². The predicted molar refractivity (Wildman–Crippen MR) is 47.7 cm³/mol. The molecule has 0 saturated carbocycles. The molecule has 0 heterocycles. The second-order valence-corrected chi connectivity index (χ2v) is 3.35. The lowest BCUT2D eigenvalue weighted by Crippen LogP contribution is -2.17. The van der Waals surface area contributed by atoms with E-state index in [-0.39, 0.29) is 5.60 Å². The fourth-order valence-corrected chi connectivity index (χ4v) is 0.446. The Bertz CT molecular complexity index is 179. The molecule has 0 radical (unpaired) electrons. The van der Waals surface area contributed by atoms with Crippen molar-refractivity contribution >= 4 is 5.97 Å². The monoisotopic (exact) mass is 188 g/mol. The third kappa shape index (κ3) is 8.88. The van der Waals surface area contributed by atoms with Crippen molar-refractivity contribution in [1.29, 1.82) is 0 Å². The molecule has 0 aromatic heterocycles. The maximum absolute atomic E-state index is 10.7. The number of ether oxygens (including phenoxy) is 1. The molecule has 0 bridgehead atoms. The molecular formula is C9H16O4. The van der Waals surface area contributed by atoms with Crippen molar-refractivity contribution < 1.29 is 19.3 Å². The molecule has 0 aromatic rings. The summed E-state index contributed by atoms with van der Waals surface area (Å²) < 4.78 is 4.61. The fourth-order valence-electron chi connectivity index (χ4n) is 0.446. The zero-order valence-electron chi connectivity index (χ0n) is 8.49. The second kappa shape index (κ2) is 5.59. The second-order valence-electron chi connectivity index (χ2n) is 3.35. The van der Waals surface area contributed by atoms with E-state index in [0.29, 0.717) is 6.61 Å². The minimum absolute atomic E-state index is 0.350. The first-order valence-corrected chi connectivity index (χ1v) is 4.13. The summed E-state index contributed by atoms with van der Waals surface area (Å²) in [6.07, 6.45) is 2.32. The van der Waals surface area contributed by atoms with Crippen LogP contribution in [0.2, 0.25) is 0 Å². The Balaban J connectivity index is 3.58. The van der Waals surface area contributed by atoms with E-state index in [1.54, 1.807) is 6.92 Å². The largest absolute Gasteiger partial charge is 0.463 e. The first-order chi connectivity index (χ1) is 5.95. The van der Waals surface area contributed by atoms with Gasteiger partial charge in [0, 0.05) is 0 Å². The summed E-state index contributed by atoms with van der Waals surface area (Å²) in [7, 11) is 0. The van der Waals surface area contributed by atoms with Gasteiger partial charge in [-0.05, 0) is 27.7 Å². The van der Waals surface area contributed by atoms with Gasteiger partial charge in [-0.15, -0.1) is 0 Å². The first-order valence-electron chi connectivity index (χ1n) is 4.13. The van der Waals surface area contributed by atoms with Gasteiger partial charge in [0.15, 0.2) is 0 Å². The third-order valence-corrected chi connectivity index (χ3v) is 0.844. The van der Waals surface area contributed by atoms with Gasteiger partial charge >= 0.3 is 5.97 Å². The molecule has 0 aliphatic carbocycles. The molecule has 0 N–H and O–H groups in total. The Morgan fingerprint density at radius 2 is 2.00 bits per heavy atom. The molecule has 0 amide bonds. The van der Waals surface area contributed by atoms with Crippen LogP contribution in [0.3, 0.4) is 0 Å². The Morgan fingerprint density at radius 1 is 1.38 bits per heavy atom. The highest BCUT2D eigenvalue weighted by Gasteiger charge is 2.10. The van der Waals surface area contributed by atoms with E-state index >= 15 is 0 Å². The van der Waals surface area contributed by atoms with Crippen LogP contribution in [-0.4, -0.2) is 18.2 Å². The predicted octanol–water partition coefficient (Wildman–Crippen LogP) is 1.81. The van der Waals surface area contributed by atoms with Crippen LogP contribution in [0.25, 0.3) is 0 Å². The highest BCUT2D eigenvalue weighted by Crippen LogP contribution is 2.06. The zero-order valence-corrected chi connectivity index (χ0v) is 8.49. The van der Waals surface area contributed by atoms with E-state index in [4.69, 9.17) is 4.89 Å². The third-order valence-electron chi connectivity index (χ3n) is 0.844. The van der Waals surface area contributed by atoms with Gasteiger partial charge in [0.2, 0.25) is 0 Å². The van der Waals surface area contributed by atoms with E-state index in [9.17, 15) is 4.79 Å². The van der Waals surface area contributed by atoms with Crippen molar-refractivity contribution in [3.63, 3.8) is 0 Å². The molecule has 0 unspecified atom stereocenters. The van der Waals surface area contributed by atoms with Crippen molar-refractivity contribution in [1.82, 2.24) is 0 Å². The summed E-state index contributed by atoms with van der Waals surface area (Å²) in [5, 5.41) is 0. The standard InChI is InChI=1S/C9H16O4/c1-5-11-8(10)6-7-12-13-9(2,3)4/h6-7H,5H2,1-4H3. The Morgan fingerprint density at radius 3 is 2.46 bits per heavy atom. The summed E-state index contributed by atoms with van der Waals surface area (Å²) in [6.45, 7) is 7.60. The summed E-state index contributed by atoms with van der Waals surface area (Å²) >= 11 is 0. The maximum atomic E-state index is 10.7. The van der Waals surface area contributed by atoms with Gasteiger partial charge in [-0.1, -0.05) is 0 Å². The average molecular weight is 188 g/mol. The maximum Gasteiger partial charge on any atom is 0.333 e. The average Bonchev–Trinajstić information content (AvgIpc) is 1.97. The molecule has 0 rings (SSSR count). The minimum atomic E-state index is -0.444. The van der Waals surface area contributed by atoms with Crippen molar-refractivity contribution in [2.45, 2.75) is 33.3 Å². The Kier molecular flexibility index (Phi) is 5.14. The van der Waals surface area contributed by atoms with Crippen LogP contribution in [0.4, 0.5) is 0 Å². The van der Waals surface area contributed by atoms with E-state index in [2.05, 4.69) is 9.62 Å². The van der Waals surface area contributed by atoms with Gasteiger partial charge in [0.05, 0.1) is 12.7 Å². The minimum Gasteiger partial charge on any atom is -0.463 e. The molecule has 0 aliphatic rings. The Labute approximate surface area is 78.4 Å². The lowest BCUT2D eigenvalue weighted by Gasteiger charge is -2.15. The lowest BCUT2D eigenvalue weighted by atomic mass is 10.2. The van der Waals surface area contributed by atoms with Gasteiger partial charge in [-0.3, -0.25) is 0 Å². The molecule has 0 atom stereocenters. The van der Waals surface area contributed by atoms with Crippen molar-refractivity contribution in [2.75, 3.05) is 6.61 Å². The SMILES string of the molecule is CCOC(=O)C=COOC(C)(C)C. The number of rotatable bonds is 4. The van der Waals surface area contributed by atoms with Gasteiger partial charge in [-0.25, -0.2) is 4.79 Å². The van der Waals surface area contributed by atoms with Crippen molar-refractivity contribution in [3.05, 3.63) is 12.3 Å². The fraction of sp³-hybridized carbons (Fsp3) is 0.667. The molecule has 0 fully saturated rings. The summed E-state index contributed by atoms with van der Waals surface area (Å²) in [6, 6.07) is 0. The highest BCUT2D eigenvalue weighted by atomic mass is 17.2. The molecule has 0 saturated heterocycles. The lowest BCUT2D eigenvalue weighted by molar-refractivity contribution is -0.310. The molecule has 0 aliphatic heterocycles. The van der Waals surface area contributed by atoms with E-state index in [0.717, 1.165) is 12.3 Å². The molecule has 0 spiro atoms. The van der Waals surface area contributed by atoms with Crippen LogP contribution in [-0.2, 0) is 19.3 Å². The van der Waals surface area contributed by atoms with E-state index in [1.165, 1.54) is 0 Å². The van der Waals surface area contributed by atoms with Gasteiger partial charge in [0.1, 0.15) is 11.9 Å². The molecule has 0 aromatic carbocycles. The molecular weight excluding hydrogens is 172 g/mol. The number of hydrogen-bond acceptors (Lipinski definition) is 4. The number of hydrogen-bond donors (Lipinski definition) is 0. The van der Waals surface area contributed by atoms with Crippen molar-refractivity contribution in [3.8, 4) is 0 Å². The number of esters is 1. The van der Waals surface area contributed by atoms with Crippen LogP contribution in [0.1, 0.15) is 27.7 Å². The topological polar surface area (TPSA) is 44.8 Å². The summed E-state index contributed by atoms with van der Waals surface area (Å²) in [5.74, 6) is -0.444. The van der Waals surface area contributed by atoms with Gasteiger partial charge in [0.25, 0.3) is 0 Å². The zero-order chi connectivity index (χ0) is 10.3. The molecule has 13 heavy (non-hydrogen) atoms. The molecule has 76 valence electrons. The smallest absolute Gasteiger partial charge is 0.333 e. The summed E-state index contributed by atoms with van der Waals surface area (Å²) in [4.78, 5) is 20.2. The highest BCUT2D eigenvalue weighted by molar-refractivity contribution is 5.81. The summed E-state index contributed by atoms with van der Waals surface area (Å²) in [5.41, 5.74) is -0.390. The van der Waals surface area contributed by atoms with Crippen LogP contribution < -0.4 is 0 Å². The molecule has 4 heteroatoms. The normalized spacial score (nSPS) is 11.7. The molecule has 4 nitrogen and oxygen atoms in total.